The normalized spacial score (nSPS) is 16.0. The molecule has 0 bridgehead atoms. The van der Waals surface area contributed by atoms with Crippen molar-refractivity contribution in [3.63, 3.8) is 0 Å². The third-order valence-corrected chi connectivity index (χ3v) is 8.93. The van der Waals surface area contributed by atoms with Gasteiger partial charge in [0.1, 0.15) is 22.6 Å². The van der Waals surface area contributed by atoms with Gasteiger partial charge in [-0.1, -0.05) is 18.9 Å². The lowest BCUT2D eigenvalue weighted by Crippen LogP contribution is -2.44. The van der Waals surface area contributed by atoms with Gasteiger partial charge in [-0.3, -0.25) is 9.78 Å². The van der Waals surface area contributed by atoms with Crippen LogP contribution in [0.3, 0.4) is 0 Å². The Kier molecular flexibility index (Phi) is 7.55. The number of pyridine rings is 1. The highest BCUT2D eigenvalue weighted by Gasteiger charge is 2.34. The van der Waals surface area contributed by atoms with E-state index in [1.807, 2.05) is 32.9 Å². The Morgan fingerprint density at radius 2 is 1.95 bits per heavy atom. The van der Waals surface area contributed by atoms with Crippen molar-refractivity contribution in [3.8, 4) is 11.1 Å². The number of hydrogen-bond donors (Lipinski definition) is 3. The van der Waals surface area contributed by atoms with Crippen LogP contribution in [-0.2, 0) is 21.9 Å². The van der Waals surface area contributed by atoms with Gasteiger partial charge in [-0.2, -0.15) is 9.61 Å². The molecular formula is C27H35N9O4S. The van der Waals surface area contributed by atoms with Crippen molar-refractivity contribution < 1.29 is 18.3 Å². The minimum Gasteiger partial charge on any atom is -0.384 e. The van der Waals surface area contributed by atoms with Crippen molar-refractivity contribution in [2.45, 2.75) is 81.9 Å². The average Bonchev–Trinajstić information content (AvgIpc) is 3.68. The van der Waals surface area contributed by atoms with Crippen LogP contribution in [0.5, 0.6) is 0 Å². The molecule has 0 aliphatic heterocycles. The summed E-state index contributed by atoms with van der Waals surface area (Å²) in [5.41, 5.74) is 8.16. The zero-order valence-electron chi connectivity index (χ0n) is 23.6. The predicted octanol–water partition coefficient (Wildman–Crippen LogP) is 2.53. The Bertz CT molecular complexity index is 1660. The maximum atomic E-state index is 13.1. The molecular weight excluding hydrogens is 546 g/mol. The summed E-state index contributed by atoms with van der Waals surface area (Å²) in [5.74, 6) is -0.197. The third kappa shape index (κ3) is 5.40. The van der Waals surface area contributed by atoms with Gasteiger partial charge < -0.3 is 20.7 Å². The number of aromatic amines is 1. The smallest absolute Gasteiger partial charge is 0.292 e. The van der Waals surface area contributed by atoms with Crippen LogP contribution in [0.25, 0.3) is 16.8 Å². The van der Waals surface area contributed by atoms with E-state index in [4.69, 9.17) is 10.7 Å². The van der Waals surface area contributed by atoms with Crippen LogP contribution in [0, 0.1) is 0 Å². The zero-order valence-corrected chi connectivity index (χ0v) is 24.4. The molecule has 4 N–H and O–H groups in total. The monoisotopic (exact) mass is 581 g/mol. The number of nitrogens with two attached hydrogens (primary N) is 1. The van der Waals surface area contributed by atoms with Crippen LogP contribution >= 0.6 is 0 Å². The van der Waals surface area contributed by atoms with E-state index in [1.165, 1.54) is 10.8 Å². The van der Waals surface area contributed by atoms with Crippen molar-refractivity contribution in [2.75, 3.05) is 12.0 Å². The minimum absolute atomic E-state index is 0.0327. The number of rotatable bonds is 9. The molecule has 41 heavy (non-hydrogen) atoms. The Morgan fingerprint density at radius 1 is 1.22 bits per heavy atom. The summed E-state index contributed by atoms with van der Waals surface area (Å²) in [5, 5.41) is 22.8. The van der Waals surface area contributed by atoms with Gasteiger partial charge in [-0.15, -0.1) is 10.2 Å². The number of anilines is 1. The number of fused-ring (bicyclic) bond motifs is 1. The first-order valence-corrected chi connectivity index (χ1v) is 15.5. The lowest BCUT2D eigenvalue weighted by Gasteiger charge is -2.32. The lowest BCUT2D eigenvalue weighted by atomic mass is 9.96. The summed E-state index contributed by atoms with van der Waals surface area (Å²) in [6.07, 6.45) is 9.64. The summed E-state index contributed by atoms with van der Waals surface area (Å²) < 4.78 is 27.0. The number of nitrogen functional groups attached to an aromatic ring is 1. The number of aromatic nitrogens is 7. The zero-order chi connectivity index (χ0) is 29.5. The van der Waals surface area contributed by atoms with E-state index in [-0.39, 0.29) is 40.9 Å². The minimum atomic E-state index is -3.76. The highest BCUT2D eigenvalue weighted by Crippen LogP contribution is 2.38. The highest BCUT2D eigenvalue weighted by molar-refractivity contribution is 7.91. The summed E-state index contributed by atoms with van der Waals surface area (Å²) in [4.78, 5) is 26.7. The molecule has 1 atom stereocenters. The Labute approximate surface area is 238 Å². The van der Waals surface area contributed by atoms with Gasteiger partial charge in [-0.25, -0.2) is 13.4 Å². The van der Waals surface area contributed by atoms with Crippen LogP contribution in [0.4, 0.5) is 5.82 Å². The standard InChI is InChI=1S/C27H35N9O4S/c1-16(2)35(26(37)24-30-15-31-34-24)17(3)7-9-20-22(41(4,39)40)23(28)36-25(33-20)19(14-32-36)18-8-10-21(29-13-18)27(38)11-5-6-12-27/h8,10,13-17,38H,5-7,9,11-12,28H2,1-4H3,(H,30,31,34)/t17-/m1/s1. The van der Waals surface area contributed by atoms with Crippen LogP contribution in [0.15, 0.2) is 35.7 Å². The first-order valence-electron chi connectivity index (χ1n) is 13.6. The fourth-order valence-electron chi connectivity index (χ4n) is 5.73. The molecule has 4 aromatic heterocycles. The van der Waals surface area contributed by atoms with Gasteiger partial charge in [-0.05, 0) is 52.5 Å². The number of amides is 1. The van der Waals surface area contributed by atoms with E-state index in [9.17, 15) is 18.3 Å². The Hall–Kier alpha value is -3.91. The van der Waals surface area contributed by atoms with E-state index < -0.39 is 15.4 Å². The van der Waals surface area contributed by atoms with E-state index in [1.54, 1.807) is 17.3 Å². The van der Waals surface area contributed by atoms with E-state index in [0.29, 0.717) is 47.4 Å². The van der Waals surface area contributed by atoms with Crippen molar-refractivity contribution in [1.82, 2.24) is 39.7 Å². The largest absolute Gasteiger partial charge is 0.384 e. The quantitative estimate of drug-likeness (QED) is 0.265. The third-order valence-electron chi connectivity index (χ3n) is 7.74. The molecule has 0 spiro atoms. The lowest BCUT2D eigenvalue weighted by molar-refractivity contribution is 0.0400. The van der Waals surface area contributed by atoms with Crippen LogP contribution in [0.2, 0.25) is 0 Å². The number of H-pyrrole nitrogens is 1. The molecule has 4 aromatic rings. The van der Waals surface area contributed by atoms with Gasteiger partial charge in [0.2, 0.25) is 5.82 Å². The number of hydrogen-bond acceptors (Lipinski definition) is 10. The molecule has 0 aromatic carbocycles. The number of aliphatic hydroxyl groups is 1. The molecule has 13 nitrogen and oxygen atoms in total. The van der Waals surface area contributed by atoms with E-state index in [2.05, 4.69) is 25.3 Å². The van der Waals surface area contributed by atoms with Gasteiger partial charge >= 0.3 is 0 Å². The van der Waals surface area contributed by atoms with Crippen LogP contribution < -0.4 is 5.73 Å². The topological polar surface area (TPSA) is 185 Å². The van der Waals surface area contributed by atoms with E-state index in [0.717, 1.165) is 19.1 Å². The summed E-state index contributed by atoms with van der Waals surface area (Å²) in [6.45, 7) is 5.70. The van der Waals surface area contributed by atoms with Crippen LogP contribution in [-0.4, -0.2) is 77.4 Å². The molecule has 0 unspecified atom stereocenters. The first-order chi connectivity index (χ1) is 19.4. The van der Waals surface area contributed by atoms with Crippen LogP contribution in [0.1, 0.15) is 74.9 Å². The molecule has 1 saturated carbocycles. The average molecular weight is 582 g/mol. The fraction of sp³-hybridized carbons (Fsp3) is 0.481. The number of carbonyl (C=O) groups excluding carboxylic acids is 1. The van der Waals surface area contributed by atoms with E-state index >= 15 is 0 Å². The SMILES string of the molecule is CC(C)N(C(=O)c1nnc[nH]1)[C@H](C)CCc1nc2c(-c3ccc(C4(O)CCCC4)nc3)cnn2c(N)c1S(C)(=O)=O. The molecule has 1 amide bonds. The number of nitrogens with one attached hydrogen (secondary N) is 1. The second-order valence-electron chi connectivity index (χ2n) is 11.0. The molecule has 218 valence electrons. The second kappa shape index (κ2) is 10.8. The Morgan fingerprint density at radius 3 is 2.54 bits per heavy atom. The van der Waals surface area contributed by atoms with Crippen molar-refractivity contribution in [1.29, 1.82) is 0 Å². The molecule has 1 aliphatic carbocycles. The first kappa shape index (κ1) is 28.6. The van der Waals surface area contributed by atoms with Gasteiger partial charge in [0.05, 0.1) is 17.6 Å². The number of aryl methyl sites for hydroxylation is 1. The predicted molar refractivity (Wildman–Crippen MR) is 152 cm³/mol. The molecule has 5 rings (SSSR count). The molecule has 14 heteroatoms. The van der Waals surface area contributed by atoms with Crippen molar-refractivity contribution in [3.05, 3.63) is 48.1 Å². The highest BCUT2D eigenvalue weighted by atomic mass is 32.2. The molecule has 4 heterocycles. The fourth-order valence-corrected chi connectivity index (χ4v) is 6.77. The second-order valence-corrected chi connectivity index (χ2v) is 13.0. The molecule has 0 radical (unpaired) electrons. The molecule has 1 aliphatic rings. The molecule has 0 saturated heterocycles. The summed E-state index contributed by atoms with van der Waals surface area (Å²) in [6, 6.07) is 3.25. The molecule has 1 fully saturated rings. The summed E-state index contributed by atoms with van der Waals surface area (Å²) >= 11 is 0. The van der Waals surface area contributed by atoms with Gasteiger partial charge in [0.25, 0.3) is 5.91 Å². The maximum absolute atomic E-state index is 13.1. The van der Waals surface area contributed by atoms with Gasteiger partial charge in [0, 0.05) is 35.7 Å². The maximum Gasteiger partial charge on any atom is 0.292 e. The Balaban J connectivity index is 1.49. The van der Waals surface area contributed by atoms with Crippen molar-refractivity contribution >= 4 is 27.2 Å². The number of sulfone groups is 1. The summed E-state index contributed by atoms with van der Waals surface area (Å²) in [7, 11) is -3.76. The van der Waals surface area contributed by atoms with Gasteiger partial charge in [0.15, 0.2) is 15.5 Å². The number of carbonyl (C=O) groups is 1. The van der Waals surface area contributed by atoms with Crippen molar-refractivity contribution in [2.24, 2.45) is 0 Å². The number of nitrogens with zero attached hydrogens (tertiary/aromatic N) is 7.